The van der Waals surface area contributed by atoms with Gasteiger partial charge in [-0.05, 0) is 32.0 Å². The number of nitrogens with two attached hydrogens (primary N) is 2. The Bertz CT molecular complexity index is 371. The first-order chi connectivity index (χ1) is 7.99. The fourth-order valence-corrected chi connectivity index (χ4v) is 1.37. The predicted octanol–water partition coefficient (Wildman–Crippen LogP) is 1.01. The molecule has 1 aromatic rings. The van der Waals surface area contributed by atoms with E-state index < -0.39 is 0 Å². The smallest absolute Gasteiger partial charge is 0.251 e. The van der Waals surface area contributed by atoms with Crippen molar-refractivity contribution in [3.8, 4) is 0 Å². The molecule has 5 N–H and O–H groups in total. The Morgan fingerprint density at radius 1 is 1.29 bits per heavy atom. The van der Waals surface area contributed by atoms with E-state index in [1.807, 2.05) is 13.8 Å². The van der Waals surface area contributed by atoms with E-state index in [1.54, 1.807) is 18.2 Å². The van der Waals surface area contributed by atoms with Crippen LogP contribution in [0.25, 0.3) is 0 Å². The monoisotopic (exact) mass is 237 g/mol. The van der Waals surface area contributed by atoms with Gasteiger partial charge in [-0.15, -0.1) is 0 Å². The molecule has 0 unspecified atom stereocenters. The van der Waals surface area contributed by atoms with Gasteiger partial charge in [0.05, 0.1) is 12.7 Å². The Kier molecular flexibility index (Phi) is 4.78. The Labute approximate surface area is 101 Å². The molecule has 0 radical (unpaired) electrons. The molecule has 1 aromatic carbocycles. The lowest BCUT2D eigenvalue weighted by Crippen LogP contribution is -2.28. The summed E-state index contributed by atoms with van der Waals surface area (Å²) in [5, 5.41) is 2.73. The van der Waals surface area contributed by atoms with Crippen molar-refractivity contribution in [2.45, 2.75) is 20.0 Å². The topological polar surface area (TPSA) is 90.4 Å². The molecule has 0 atom stereocenters. The number of amides is 1. The van der Waals surface area contributed by atoms with Gasteiger partial charge in [0.2, 0.25) is 0 Å². The second-order valence-electron chi connectivity index (χ2n) is 4.06. The Hall–Kier alpha value is -1.75. The van der Waals surface area contributed by atoms with Gasteiger partial charge < -0.3 is 21.5 Å². The summed E-state index contributed by atoms with van der Waals surface area (Å²) >= 11 is 0. The summed E-state index contributed by atoms with van der Waals surface area (Å²) in [4.78, 5) is 11.7. The zero-order valence-electron chi connectivity index (χ0n) is 10.2. The number of nitrogens with one attached hydrogen (secondary N) is 1. The van der Waals surface area contributed by atoms with Gasteiger partial charge in [0.1, 0.15) is 0 Å². The molecule has 0 heterocycles. The van der Waals surface area contributed by atoms with Crippen molar-refractivity contribution in [3.63, 3.8) is 0 Å². The minimum Gasteiger partial charge on any atom is -0.399 e. The molecule has 0 fully saturated rings. The van der Waals surface area contributed by atoms with Crippen LogP contribution in [0, 0.1) is 0 Å². The third kappa shape index (κ3) is 4.74. The number of hydrogen-bond acceptors (Lipinski definition) is 4. The van der Waals surface area contributed by atoms with Gasteiger partial charge in [0, 0.05) is 23.5 Å². The molecule has 0 bridgehead atoms. The summed E-state index contributed by atoms with van der Waals surface area (Å²) in [6, 6.07) is 4.79. The standard InChI is InChI=1S/C12H19N3O2/c1-8(2)17-4-3-15-12(16)9-5-10(13)7-11(14)6-9/h5-8H,3-4,13-14H2,1-2H3,(H,15,16). The zero-order valence-corrected chi connectivity index (χ0v) is 10.2. The van der Waals surface area contributed by atoms with E-state index in [2.05, 4.69) is 5.32 Å². The lowest BCUT2D eigenvalue weighted by molar-refractivity contribution is 0.0746. The van der Waals surface area contributed by atoms with Crippen LogP contribution in [0.5, 0.6) is 0 Å². The van der Waals surface area contributed by atoms with Crippen LogP contribution in [0.15, 0.2) is 18.2 Å². The summed E-state index contributed by atoms with van der Waals surface area (Å²) < 4.78 is 5.31. The first-order valence-electron chi connectivity index (χ1n) is 5.55. The highest BCUT2D eigenvalue weighted by Crippen LogP contribution is 2.13. The number of benzene rings is 1. The predicted molar refractivity (Wildman–Crippen MR) is 68.7 cm³/mol. The minimum atomic E-state index is -0.198. The first-order valence-corrected chi connectivity index (χ1v) is 5.55. The summed E-state index contributed by atoms with van der Waals surface area (Å²) in [5.74, 6) is -0.198. The number of carbonyl (C=O) groups excluding carboxylic acids is 1. The maximum absolute atomic E-state index is 11.7. The number of rotatable bonds is 5. The van der Waals surface area contributed by atoms with E-state index >= 15 is 0 Å². The Morgan fingerprint density at radius 2 is 1.88 bits per heavy atom. The van der Waals surface area contributed by atoms with Crippen LogP contribution in [0.3, 0.4) is 0 Å². The fourth-order valence-electron chi connectivity index (χ4n) is 1.37. The van der Waals surface area contributed by atoms with Gasteiger partial charge in [0.15, 0.2) is 0 Å². The summed E-state index contributed by atoms with van der Waals surface area (Å²) in [6.45, 7) is 4.84. The van der Waals surface area contributed by atoms with Crippen LogP contribution in [0.2, 0.25) is 0 Å². The quantitative estimate of drug-likeness (QED) is 0.526. The minimum absolute atomic E-state index is 0.162. The number of carbonyl (C=O) groups is 1. The molecule has 1 rings (SSSR count). The van der Waals surface area contributed by atoms with Gasteiger partial charge in [-0.3, -0.25) is 4.79 Å². The molecule has 0 aliphatic heterocycles. The van der Waals surface area contributed by atoms with Gasteiger partial charge in [-0.1, -0.05) is 0 Å². The molecule has 0 saturated carbocycles. The van der Waals surface area contributed by atoms with Crippen LogP contribution in [-0.4, -0.2) is 25.2 Å². The average Bonchev–Trinajstić information content (AvgIpc) is 2.22. The van der Waals surface area contributed by atoms with Crippen LogP contribution >= 0.6 is 0 Å². The van der Waals surface area contributed by atoms with Gasteiger partial charge in [-0.25, -0.2) is 0 Å². The lowest BCUT2D eigenvalue weighted by atomic mass is 10.1. The number of anilines is 2. The summed E-state index contributed by atoms with van der Waals surface area (Å²) in [6.07, 6.45) is 0.162. The summed E-state index contributed by atoms with van der Waals surface area (Å²) in [7, 11) is 0. The van der Waals surface area contributed by atoms with Crippen molar-refractivity contribution in [2.75, 3.05) is 24.6 Å². The van der Waals surface area contributed by atoms with Crippen molar-refractivity contribution in [1.29, 1.82) is 0 Å². The molecule has 94 valence electrons. The highest BCUT2D eigenvalue weighted by Gasteiger charge is 2.06. The maximum Gasteiger partial charge on any atom is 0.251 e. The van der Waals surface area contributed by atoms with Crippen molar-refractivity contribution >= 4 is 17.3 Å². The number of hydrogen-bond donors (Lipinski definition) is 3. The molecule has 1 amide bonds. The van der Waals surface area contributed by atoms with Crippen molar-refractivity contribution in [2.24, 2.45) is 0 Å². The third-order valence-electron chi connectivity index (χ3n) is 2.08. The van der Waals surface area contributed by atoms with Gasteiger partial charge in [0.25, 0.3) is 5.91 Å². The lowest BCUT2D eigenvalue weighted by Gasteiger charge is -2.09. The molecular weight excluding hydrogens is 218 g/mol. The molecule has 5 heteroatoms. The van der Waals surface area contributed by atoms with Crippen LogP contribution in [0.1, 0.15) is 24.2 Å². The second kappa shape index (κ2) is 6.10. The molecular formula is C12H19N3O2. The first kappa shape index (κ1) is 13.3. The SMILES string of the molecule is CC(C)OCCNC(=O)c1cc(N)cc(N)c1. The molecule has 0 spiro atoms. The van der Waals surface area contributed by atoms with E-state index in [0.29, 0.717) is 30.1 Å². The second-order valence-corrected chi connectivity index (χ2v) is 4.06. The van der Waals surface area contributed by atoms with Gasteiger partial charge in [-0.2, -0.15) is 0 Å². The Balaban J connectivity index is 2.47. The highest BCUT2D eigenvalue weighted by atomic mass is 16.5. The Morgan fingerprint density at radius 3 is 2.41 bits per heavy atom. The van der Waals surface area contributed by atoms with Crippen molar-refractivity contribution in [3.05, 3.63) is 23.8 Å². The fraction of sp³-hybridized carbons (Fsp3) is 0.417. The number of ether oxygens (including phenoxy) is 1. The van der Waals surface area contributed by atoms with Crippen molar-refractivity contribution < 1.29 is 9.53 Å². The van der Waals surface area contributed by atoms with E-state index in [9.17, 15) is 4.79 Å². The molecule has 0 aliphatic rings. The van der Waals surface area contributed by atoms with E-state index in [-0.39, 0.29) is 12.0 Å². The summed E-state index contributed by atoms with van der Waals surface area (Å²) in [5.41, 5.74) is 12.6. The van der Waals surface area contributed by atoms with Crippen molar-refractivity contribution in [1.82, 2.24) is 5.32 Å². The van der Waals surface area contributed by atoms with E-state index in [4.69, 9.17) is 16.2 Å². The van der Waals surface area contributed by atoms with Crippen LogP contribution in [0.4, 0.5) is 11.4 Å². The molecule has 0 saturated heterocycles. The van der Waals surface area contributed by atoms with E-state index in [0.717, 1.165) is 0 Å². The van der Waals surface area contributed by atoms with E-state index in [1.165, 1.54) is 0 Å². The average molecular weight is 237 g/mol. The molecule has 0 aliphatic carbocycles. The number of nitrogen functional groups attached to an aromatic ring is 2. The third-order valence-corrected chi connectivity index (χ3v) is 2.08. The largest absolute Gasteiger partial charge is 0.399 e. The van der Waals surface area contributed by atoms with Gasteiger partial charge >= 0.3 is 0 Å². The normalized spacial score (nSPS) is 10.5. The highest BCUT2D eigenvalue weighted by molar-refractivity contribution is 5.96. The molecule has 5 nitrogen and oxygen atoms in total. The van der Waals surface area contributed by atoms with Crippen LogP contribution < -0.4 is 16.8 Å². The zero-order chi connectivity index (χ0) is 12.8. The molecule has 17 heavy (non-hydrogen) atoms. The van der Waals surface area contributed by atoms with Crippen LogP contribution in [-0.2, 0) is 4.74 Å². The molecule has 0 aromatic heterocycles. The maximum atomic E-state index is 11.7.